The topological polar surface area (TPSA) is 107 Å². The molecule has 0 fully saturated rings. The number of aryl methyl sites for hydroxylation is 3. The molecule has 0 aliphatic rings. The monoisotopic (exact) mass is 406 g/mol. The van der Waals surface area contributed by atoms with Gasteiger partial charge in [-0.15, -0.1) is 0 Å². The molecule has 0 amide bonds. The van der Waals surface area contributed by atoms with Crippen molar-refractivity contribution in [3.05, 3.63) is 70.1 Å². The first-order chi connectivity index (χ1) is 14.5. The predicted molar refractivity (Wildman–Crippen MR) is 110 cm³/mol. The maximum Gasteiger partial charge on any atom is 0.341 e. The third kappa shape index (κ3) is 3.49. The first kappa shape index (κ1) is 19.6. The number of hydrogen-bond acceptors (Lipinski definition) is 6. The minimum atomic E-state index is -0.624. The lowest BCUT2D eigenvalue weighted by Gasteiger charge is -2.14. The van der Waals surface area contributed by atoms with Gasteiger partial charge in [0.25, 0.3) is 5.56 Å². The van der Waals surface area contributed by atoms with Crippen LogP contribution >= 0.6 is 0 Å². The van der Waals surface area contributed by atoms with E-state index in [1.54, 1.807) is 36.3 Å². The fraction of sp³-hybridized carbons (Fsp3) is 0.286. The molecule has 0 saturated carbocycles. The van der Waals surface area contributed by atoms with Crippen molar-refractivity contribution in [2.45, 2.75) is 33.4 Å². The van der Waals surface area contributed by atoms with Crippen LogP contribution in [0, 0.1) is 12.3 Å². The van der Waals surface area contributed by atoms with Gasteiger partial charge >= 0.3 is 5.97 Å². The van der Waals surface area contributed by atoms with E-state index in [1.807, 2.05) is 23.8 Å². The van der Waals surface area contributed by atoms with Crippen LogP contribution in [0.3, 0.4) is 0 Å². The van der Waals surface area contributed by atoms with E-state index in [2.05, 4.69) is 9.97 Å². The number of fused-ring (bicyclic) bond motifs is 2. The highest BCUT2D eigenvalue weighted by atomic mass is 16.5. The first-order valence-corrected chi connectivity index (χ1v) is 9.73. The molecular weight excluding hydrogens is 384 g/mol. The number of nitrogens with zero attached hydrogens (tertiary/aromatic N) is 5. The lowest BCUT2D eigenvalue weighted by Crippen LogP contribution is -2.31. The minimum Gasteiger partial charge on any atom is -0.462 e. The number of pyridine rings is 2. The quantitative estimate of drug-likeness (QED) is 0.389. The van der Waals surface area contributed by atoms with Gasteiger partial charge in [-0.1, -0.05) is 6.07 Å². The number of carbonyl (C=O) groups excluding carboxylic acids is 1. The summed E-state index contributed by atoms with van der Waals surface area (Å²) in [7, 11) is 0. The Morgan fingerprint density at radius 3 is 2.83 bits per heavy atom. The molecule has 154 valence electrons. The van der Waals surface area contributed by atoms with Crippen molar-refractivity contribution in [2.24, 2.45) is 0 Å². The van der Waals surface area contributed by atoms with Crippen molar-refractivity contribution < 1.29 is 9.53 Å². The zero-order valence-corrected chi connectivity index (χ0v) is 16.8. The van der Waals surface area contributed by atoms with Gasteiger partial charge in [-0.3, -0.25) is 14.6 Å². The lowest BCUT2D eigenvalue weighted by molar-refractivity contribution is 0.0523. The maximum atomic E-state index is 13.2. The van der Waals surface area contributed by atoms with Crippen molar-refractivity contribution in [3.8, 4) is 0 Å². The van der Waals surface area contributed by atoms with Gasteiger partial charge in [-0.05, 0) is 38.0 Å². The number of esters is 1. The Labute approximate surface area is 171 Å². The molecule has 0 radical (unpaired) electrons. The maximum absolute atomic E-state index is 13.2. The third-order valence-corrected chi connectivity index (χ3v) is 4.91. The van der Waals surface area contributed by atoms with Gasteiger partial charge in [-0.25, -0.2) is 14.8 Å². The average molecular weight is 406 g/mol. The van der Waals surface area contributed by atoms with Gasteiger partial charge in [0, 0.05) is 31.7 Å². The molecule has 4 rings (SSSR count). The Bertz CT molecular complexity index is 1350. The summed E-state index contributed by atoms with van der Waals surface area (Å²) in [6, 6.07) is 5.08. The Morgan fingerprint density at radius 1 is 1.27 bits per heavy atom. The number of aromatic nitrogens is 5. The van der Waals surface area contributed by atoms with E-state index in [-0.39, 0.29) is 28.6 Å². The van der Waals surface area contributed by atoms with E-state index in [9.17, 15) is 9.59 Å². The SMILES string of the molecule is CCOC(=O)c1cc2c(=O)n3cc(C)ccc3nc2n(CCCn2ccnc2)c1=N. The number of nitrogens with one attached hydrogen (secondary N) is 1. The zero-order valence-electron chi connectivity index (χ0n) is 16.8. The van der Waals surface area contributed by atoms with Crippen LogP contribution in [-0.4, -0.2) is 36.1 Å². The number of rotatable bonds is 6. The van der Waals surface area contributed by atoms with E-state index in [0.29, 0.717) is 30.8 Å². The van der Waals surface area contributed by atoms with Crippen LogP contribution in [0.2, 0.25) is 0 Å². The van der Waals surface area contributed by atoms with Gasteiger partial charge in [0.2, 0.25) is 0 Å². The van der Waals surface area contributed by atoms with Gasteiger partial charge in [-0.2, -0.15) is 0 Å². The van der Waals surface area contributed by atoms with Crippen molar-refractivity contribution in [1.82, 2.24) is 23.5 Å². The minimum absolute atomic E-state index is 0.0186. The Hall–Kier alpha value is -3.75. The molecule has 4 heterocycles. The molecule has 0 unspecified atom stereocenters. The molecule has 30 heavy (non-hydrogen) atoms. The summed E-state index contributed by atoms with van der Waals surface area (Å²) in [5.74, 6) is -0.624. The van der Waals surface area contributed by atoms with Crippen LogP contribution in [0.4, 0.5) is 0 Å². The summed E-state index contributed by atoms with van der Waals surface area (Å²) in [6.45, 7) is 4.88. The van der Waals surface area contributed by atoms with Crippen LogP contribution in [-0.2, 0) is 17.8 Å². The molecule has 9 nitrogen and oxygen atoms in total. The molecule has 0 atom stereocenters. The number of imidazole rings is 1. The van der Waals surface area contributed by atoms with E-state index in [0.717, 1.165) is 5.56 Å². The van der Waals surface area contributed by atoms with Crippen molar-refractivity contribution in [2.75, 3.05) is 6.61 Å². The summed E-state index contributed by atoms with van der Waals surface area (Å²) in [4.78, 5) is 34.3. The van der Waals surface area contributed by atoms with Crippen LogP contribution < -0.4 is 11.0 Å². The molecule has 1 N–H and O–H groups in total. The normalized spacial score (nSPS) is 11.3. The number of carbonyl (C=O) groups is 1. The standard InChI is InChI=1S/C21H22N6O3/c1-3-30-21(29)15-11-16-19(24-17-6-5-14(2)12-27(17)20(16)28)26(18(15)22)9-4-8-25-10-7-23-13-25/h5-7,10-13,22H,3-4,8-9H2,1-2H3. The molecular formula is C21H22N6O3. The van der Waals surface area contributed by atoms with E-state index in [1.165, 1.54) is 10.5 Å². The number of ether oxygens (including phenoxy) is 1. The van der Waals surface area contributed by atoms with Crippen LogP contribution in [0.25, 0.3) is 16.7 Å². The molecule has 0 aromatic carbocycles. The fourth-order valence-corrected chi connectivity index (χ4v) is 3.46. The van der Waals surface area contributed by atoms with Crippen molar-refractivity contribution in [3.63, 3.8) is 0 Å². The van der Waals surface area contributed by atoms with Crippen molar-refractivity contribution in [1.29, 1.82) is 5.41 Å². The second kappa shape index (κ2) is 7.94. The molecule has 0 bridgehead atoms. The van der Waals surface area contributed by atoms with Gasteiger partial charge in [0.1, 0.15) is 22.3 Å². The Morgan fingerprint density at radius 2 is 2.10 bits per heavy atom. The highest BCUT2D eigenvalue weighted by molar-refractivity contribution is 5.93. The highest BCUT2D eigenvalue weighted by Crippen LogP contribution is 2.12. The van der Waals surface area contributed by atoms with Gasteiger partial charge < -0.3 is 13.9 Å². The second-order valence-electron chi connectivity index (χ2n) is 7.02. The lowest BCUT2D eigenvalue weighted by atomic mass is 10.2. The Kier molecular flexibility index (Phi) is 5.18. The molecule has 4 aromatic rings. The highest BCUT2D eigenvalue weighted by Gasteiger charge is 2.18. The Balaban J connectivity index is 1.91. The zero-order chi connectivity index (χ0) is 21.3. The first-order valence-electron chi connectivity index (χ1n) is 9.73. The third-order valence-electron chi connectivity index (χ3n) is 4.91. The summed E-state index contributed by atoms with van der Waals surface area (Å²) < 4.78 is 10.1. The fourth-order valence-electron chi connectivity index (χ4n) is 3.46. The van der Waals surface area contributed by atoms with Gasteiger partial charge in [0.05, 0.1) is 18.3 Å². The second-order valence-corrected chi connectivity index (χ2v) is 7.02. The van der Waals surface area contributed by atoms with E-state index >= 15 is 0 Å². The predicted octanol–water partition coefficient (Wildman–Crippen LogP) is 1.90. The average Bonchev–Trinajstić information content (AvgIpc) is 3.24. The molecule has 0 spiro atoms. The summed E-state index contributed by atoms with van der Waals surface area (Å²) in [5.41, 5.74) is 1.54. The smallest absolute Gasteiger partial charge is 0.341 e. The molecule has 9 heteroatoms. The molecule has 4 aromatic heterocycles. The molecule has 0 aliphatic carbocycles. The van der Waals surface area contributed by atoms with Crippen LogP contribution in [0.1, 0.15) is 29.3 Å². The molecule has 0 aliphatic heterocycles. The molecule has 0 saturated heterocycles. The van der Waals surface area contributed by atoms with Gasteiger partial charge in [0.15, 0.2) is 0 Å². The summed E-state index contributed by atoms with van der Waals surface area (Å²) >= 11 is 0. The van der Waals surface area contributed by atoms with Crippen LogP contribution in [0.5, 0.6) is 0 Å². The van der Waals surface area contributed by atoms with E-state index < -0.39 is 5.97 Å². The van der Waals surface area contributed by atoms with E-state index in [4.69, 9.17) is 10.1 Å². The summed E-state index contributed by atoms with van der Waals surface area (Å²) in [6.07, 6.45) is 7.67. The number of hydrogen-bond donors (Lipinski definition) is 1. The summed E-state index contributed by atoms with van der Waals surface area (Å²) in [5, 5.41) is 8.87. The van der Waals surface area contributed by atoms with Crippen molar-refractivity contribution >= 4 is 22.6 Å². The largest absolute Gasteiger partial charge is 0.462 e. The van der Waals surface area contributed by atoms with Crippen LogP contribution in [0.15, 0.2) is 47.9 Å².